The summed E-state index contributed by atoms with van der Waals surface area (Å²) in [5.74, 6) is 1.52. The van der Waals surface area contributed by atoms with E-state index >= 15 is 0 Å². The first-order valence-electron chi connectivity index (χ1n) is 9.59. The van der Waals surface area contributed by atoms with Crippen molar-refractivity contribution < 1.29 is 9.84 Å². The topological polar surface area (TPSA) is 65.9 Å². The van der Waals surface area contributed by atoms with E-state index in [0.717, 1.165) is 30.8 Å². The highest BCUT2D eigenvalue weighted by atomic mass is 127. The standard InChI is InChI=1S/C22H31N3O2.HI/c1-4-23-22(24-15-14-18-8-6-5-7-9-18)25-16-21(26)19-10-12-20(13-11-19)27-17(2)3;/h5-13,17,21,26H,4,14-16H2,1-3H3,(H2,23,24,25);1H. The first-order chi connectivity index (χ1) is 13.1. The van der Waals surface area contributed by atoms with Crippen LogP contribution in [0.15, 0.2) is 59.6 Å². The van der Waals surface area contributed by atoms with Crippen LogP contribution in [0.3, 0.4) is 0 Å². The van der Waals surface area contributed by atoms with Crippen LogP contribution in [0.5, 0.6) is 5.75 Å². The summed E-state index contributed by atoms with van der Waals surface area (Å²) in [6, 6.07) is 17.9. The molecule has 154 valence electrons. The predicted octanol–water partition coefficient (Wildman–Crippen LogP) is 3.92. The minimum Gasteiger partial charge on any atom is -0.491 e. The average Bonchev–Trinajstić information content (AvgIpc) is 2.67. The molecule has 0 aromatic heterocycles. The zero-order valence-electron chi connectivity index (χ0n) is 16.9. The molecule has 0 amide bonds. The summed E-state index contributed by atoms with van der Waals surface area (Å²) in [6.07, 6.45) is 0.406. The maximum absolute atomic E-state index is 10.4. The van der Waals surface area contributed by atoms with Crippen molar-refractivity contribution in [1.82, 2.24) is 10.6 Å². The minimum absolute atomic E-state index is 0. The van der Waals surface area contributed by atoms with Crippen LogP contribution in [0.4, 0.5) is 0 Å². The van der Waals surface area contributed by atoms with Crippen LogP contribution in [0.1, 0.15) is 38.0 Å². The molecule has 5 nitrogen and oxygen atoms in total. The number of nitrogens with zero attached hydrogens (tertiary/aromatic N) is 1. The molecule has 0 heterocycles. The summed E-state index contributed by atoms with van der Waals surface area (Å²) in [7, 11) is 0. The van der Waals surface area contributed by atoms with Crippen LogP contribution in [0.25, 0.3) is 0 Å². The molecule has 1 atom stereocenters. The second kappa shape index (κ2) is 13.4. The summed E-state index contributed by atoms with van der Waals surface area (Å²) < 4.78 is 5.63. The van der Waals surface area contributed by atoms with E-state index < -0.39 is 6.10 Å². The van der Waals surface area contributed by atoms with Crippen LogP contribution >= 0.6 is 24.0 Å². The lowest BCUT2D eigenvalue weighted by Gasteiger charge is -2.14. The molecule has 3 N–H and O–H groups in total. The summed E-state index contributed by atoms with van der Waals surface area (Å²) in [6.45, 7) is 7.86. The summed E-state index contributed by atoms with van der Waals surface area (Å²) in [4.78, 5) is 4.50. The first kappa shape index (κ1) is 24.2. The van der Waals surface area contributed by atoms with Gasteiger partial charge in [-0.25, -0.2) is 0 Å². The van der Waals surface area contributed by atoms with Gasteiger partial charge in [-0.05, 0) is 50.5 Å². The average molecular weight is 497 g/mol. The molecular formula is C22H32IN3O2. The molecule has 0 aliphatic carbocycles. The van der Waals surface area contributed by atoms with Crippen LogP contribution in [-0.2, 0) is 6.42 Å². The van der Waals surface area contributed by atoms with Crippen molar-refractivity contribution in [1.29, 1.82) is 0 Å². The molecule has 0 saturated carbocycles. The largest absolute Gasteiger partial charge is 0.491 e. The smallest absolute Gasteiger partial charge is 0.191 e. The van der Waals surface area contributed by atoms with E-state index in [2.05, 4.69) is 27.8 Å². The molecule has 28 heavy (non-hydrogen) atoms. The van der Waals surface area contributed by atoms with Gasteiger partial charge >= 0.3 is 0 Å². The van der Waals surface area contributed by atoms with Gasteiger partial charge in [-0.3, -0.25) is 4.99 Å². The van der Waals surface area contributed by atoms with Gasteiger partial charge in [0.2, 0.25) is 0 Å². The second-order valence-corrected chi connectivity index (χ2v) is 6.63. The Morgan fingerprint density at radius 3 is 2.32 bits per heavy atom. The van der Waals surface area contributed by atoms with E-state index in [-0.39, 0.29) is 30.1 Å². The normalized spacial score (nSPS) is 12.2. The van der Waals surface area contributed by atoms with Crippen molar-refractivity contribution in [3.63, 3.8) is 0 Å². The third-order valence-corrected chi connectivity index (χ3v) is 3.95. The van der Waals surface area contributed by atoms with Crippen LogP contribution < -0.4 is 15.4 Å². The van der Waals surface area contributed by atoms with Crippen molar-refractivity contribution in [2.45, 2.75) is 39.4 Å². The maximum atomic E-state index is 10.4. The molecule has 0 aliphatic heterocycles. The van der Waals surface area contributed by atoms with E-state index in [4.69, 9.17) is 4.74 Å². The molecule has 2 aromatic rings. The summed E-state index contributed by atoms with van der Waals surface area (Å²) in [5, 5.41) is 16.9. The van der Waals surface area contributed by atoms with Gasteiger partial charge < -0.3 is 20.5 Å². The van der Waals surface area contributed by atoms with Gasteiger partial charge in [-0.2, -0.15) is 0 Å². The number of aliphatic imine (C=N–C) groups is 1. The summed E-state index contributed by atoms with van der Waals surface area (Å²) in [5.41, 5.74) is 2.11. The quantitative estimate of drug-likeness (QED) is 0.279. The molecule has 6 heteroatoms. The molecule has 0 bridgehead atoms. The maximum Gasteiger partial charge on any atom is 0.191 e. The summed E-state index contributed by atoms with van der Waals surface area (Å²) >= 11 is 0. The first-order valence-corrected chi connectivity index (χ1v) is 9.59. The Kier molecular flexibility index (Phi) is 11.6. The number of rotatable bonds is 9. The zero-order chi connectivity index (χ0) is 19.5. The highest BCUT2D eigenvalue weighted by Crippen LogP contribution is 2.19. The van der Waals surface area contributed by atoms with Gasteiger partial charge in [0.15, 0.2) is 5.96 Å². The van der Waals surface area contributed by atoms with Gasteiger partial charge in [-0.1, -0.05) is 42.5 Å². The van der Waals surface area contributed by atoms with Crippen molar-refractivity contribution in [3.8, 4) is 5.75 Å². The third kappa shape index (κ3) is 8.93. The SMILES string of the molecule is CCNC(=NCC(O)c1ccc(OC(C)C)cc1)NCCc1ccccc1.I. The van der Waals surface area contributed by atoms with Gasteiger partial charge in [0, 0.05) is 13.1 Å². The van der Waals surface area contributed by atoms with Crippen LogP contribution in [0.2, 0.25) is 0 Å². The van der Waals surface area contributed by atoms with Gasteiger partial charge in [-0.15, -0.1) is 24.0 Å². The Morgan fingerprint density at radius 1 is 1.04 bits per heavy atom. The number of aliphatic hydroxyl groups excluding tert-OH is 1. The number of ether oxygens (including phenoxy) is 1. The van der Waals surface area contributed by atoms with Crippen molar-refractivity contribution in [3.05, 3.63) is 65.7 Å². The lowest BCUT2D eigenvalue weighted by molar-refractivity contribution is 0.186. The van der Waals surface area contributed by atoms with E-state index in [1.165, 1.54) is 5.56 Å². The van der Waals surface area contributed by atoms with E-state index in [1.54, 1.807) is 0 Å². The molecule has 0 spiro atoms. The van der Waals surface area contributed by atoms with E-state index in [9.17, 15) is 5.11 Å². The molecule has 0 saturated heterocycles. The number of hydrogen-bond donors (Lipinski definition) is 3. The van der Waals surface area contributed by atoms with Gasteiger partial charge in [0.25, 0.3) is 0 Å². The fourth-order valence-electron chi connectivity index (χ4n) is 2.64. The molecular weight excluding hydrogens is 465 g/mol. The number of hydrogen-bond acceptors (Lipinski definition) is 3. The van der Waals surface area contributed by atoms with Crippen molar-refractivity contribution in [2.24, 2.45) is 4.99 Å². The molecule has 0 radical (unpaired) electrons. The molecule has 2 aromatic carbocycles. The van der Waals surface area contributed by atoms with Gasteiger partial charge in [0.1, 0.15) is 5.75 Å². The third-order valence-electron chi connectivity index (χ3n) is 3.95. The van der Waals surface area contributed by atoms with E-state index in [1.807, 2.05) is 63.2 Å². The predicted molar refractivity (Wildman–Crippen MR) is 127 cm³/mol. The molecule has 1 unspecified atom stereocenters. The fourth-order valence-corrected chi connectivity index (χ4v) is 2.64. The van der Waals surface area contributed by atoms with Gasteiger partial charge in [0.05, 0.1) is 18.8 Å². The lowest BCUT2D eigenvalue weighted by Crippen LogP contribution is -2.38. The number of guanidine groups is 1. The Balaban J connectivity index is 0.00000392. The number of nitrogens with one attached hydrogen (secondary N) is 2. The number of aliphatic hydroxyl groups is 1. The number of halogens is 1. The fraction of sp³-hybridized carbons (Fsp3) is 0.409. The highest BCUT2D eigenvalue weighted by molar-refractivity contribution is 14.0. The lowest BCUT2D eigenvalue weighted by atomic mass is 10.1. The van der Waals surface area contributed by atoms with Crippen LogP contribution in [-0.4, -0.2) is 36.8 Å². The Hall–Kier alpha value is -1.80. The Labute approximate surface area is 185 Å². The van der Waals surface area contributed by atoms with Crippen molar-refractivity contribution >= 4 is 29.9 Å². The second-order valence-electron chi connectivity index (χ2n) is 6.63. The monoisotopic (exact) mass is 497 g/mol. The van der Waals surface area contributed by atoms with Crippen LogP contribution in [0, 0.1) is 0 Å². The minimum atomic E-state index is -0.650. The molecule has 0 aliphatic rings. The zero-order valence-corrected chi connectivity index (χ0v) is 19.2. The molecule has 0 fully saturated rings. The molecule has 2 rings (SSSR count). The number of benzene rings is 2. The van der Waals surface area contributed by atoms with Crippen molar-refractivity contribution in [2.75, 3.05) is 19.6 Å². The Morgan fingerprint density at radius 2 is 1.71 bits per heavy atom. The Bertz CT molecular complexity index is 691. The van der Waals surface area contributed by atoms with E-state index in [0.29, 0.717) is 12.5 Å². The highest BCUT2D eigenvalue weighted by Gasteiger charge is 2.08.